The third kappa shape index (κ3) is 2.24. The van der Waals surface area contributed by atoms with Crippen molar-refractivity contribution in [2.45, 2.75) is 6.92 Å². The molecule has 0 atom stereocenters. The second-order valence-electron chi connectivity index (χ2n) is 3.13. The summed E-state index contributed by atoms with van der Waals surface area (Å²) in [4.78, 5) is 15.8. The normalized spacial score (nSPS) is 10.3. The lowest BCUT2D eigenvalue weighted by Gasteiger charge is -2.20. The van der Waals surface area contributed by atoms with E-state index >= 15 is 0 Å². The minimum atomic E-state index is -0.478. The van der Waals surface area contributed by atoms with Gasteiger partial charge < -0.3 is 20.7 Å². The van der Waals surface area contributed by atoms with Crippen LogP contribution in [0.25, 0.3) is 0 Å². The minimum absolute atomic E-state index is 0.118. The first-order valence-corrected chi connectivity index (χ1v) is 4.72. The molecule has 0 unspecified atom stereocenters. The number of nitrogens with zero attached hydrogens (tertiary/aromatic N) is 4. The number of aryl methyl sites for hydroxylation is 1. The van der Waals surface area contributed by atoms with Gasteiger partial charge in [-0.1, -0.05) is 0 Å². The lowest BCUT2D eigenvalue weighted by atomic mass is 10.4. The Morgan fingerprint density at radius 1 is 1.73 bits per heavy atom. The SMILES string of the molecule is CCN(CCN)c1c([N+](=O)[O-])ncn1C. The molecule has 15 heavy (non-hydrogen) atoms. The molecule has 0 fully saturated rings. The minimum Gasteiger partial charge on any atom is -0.358 e. The number of anilines is 1. The summed E-state index contributed by atoms with van der Waals surface area (Å²) in [5.41, 5.74) is 5.45. The highest BCUT2D eigenvalue weighted by Gasteiger charge is 2.23. The van der Waals surface area contributed by atoms with Gasteiger partial charge in [-0.05, 0) is 16.8 Å². The predicted molar refractivity (Wildman–Crippen MR) is 56.8 cm³/mol. The van der Waals surface area contributed by atoms with Crippen LogP contribution in [0.1, 0.15) is 6.92 Å². The molecule has 0 amide bonds. The first kappa shape index (κ1) is 11.4. The van der Waals surface area contributed by atoms with Crippen molar-refractivity contribution in [2.75, 3.05) is 24.5 Å². The van der Waals surface area contributed by atoms with Crippen molar-refractivity contribution in [2.24, 2.45) is 12.8 Å². The van der Waals surface area contributed by atoms with Crippen LogP contribution in [-0.2, 0) is 7.05 Å². The number of likely N-dealkylation sites (N-methyl/N-ethyl adjacent to an activating group) is 1. The average molecular weight is 213 g/mol. The molecule has 7 nitrogen and oxygen atoms in total. The number of imidazole rings is 1. The quantitative estimate of drug-likeness (QED) is 0.554. The van der Waals surface area contributed by atoms with Crippen molar-refractivity contribution >= 4 is 11.6 Å². The van der Waals surface area contributed by atoms with E-state index in [9.17, 15) is 10.1 Å². The van der Waals surface area contributed by atoms with Gasteiger partial charge in [-0.15, -0.1) is 0 Å². The van der Waals surface area contributed by atoms with Gasteiger partial charge in [0.05, 0.1) is 0 Å². The van der Waals surface area contributed by atoms with Crippen LogP contribution in [0, 0.1) is 10.1 Å². The summed E-state index contributed by atoms with van der Waals surface area (Å²) in [6.45, 7) is 3.62. The van der Waals surface area contributed by atoms with Crippen molar-refractivity contribution in [3.05, 3.63) is 16.4 Å². The van der Waals surface area contributed by atoms with E-state index in [1.807, 2.05) is 11.8 Å². The van der Waals surface area contributed by atoms with Crippen molar-refractivity contribution in [3.63, 3.8) is 0 Å². The molecule has 1 aromatic rings. The molecule has 0 radical (unpaired) electrons. The molecule has 0 saturated carbocycles. The summed E-state index contributed by atoms with van der Waals surface area (Å²) in [5, 5.41) is 10.7. The van der Waals surface area contributed by atoms with Crippen LogP contribution in [0.5, 0.6) is 0 Å². The molecule has 2 N–H and O–H groups in total. The van der Waals surface area contributed by atoms with E-state index in [-0.39, 0.29) is 5.82 Å². The van der Waals surface area contributed by atoms with Crippen LogP contribution in [-0.4, -0.2) is 34.1 Å². The molecule has 1 heterocycles. The number of aromatic nitrogens is 2. The Kier molecular flexibility index (Phi) is 3.62. The van der Waals surface area contributed by atoms with Gasteiger partial charge >= 0.3 is 5.82 Å². The molecule has 1 aromatic heterocycles. The Morgan fingerprint density at radius 3 is 2.87 bits per heavy atom. The third-order valence-electron chi connectivity index (χ3n) is 2.14. The molecule has 0 aromatic carbocycles. The molecule has 84 valence electrons. The fourth-order valence-corrected chi connectivity index (χ4v) is 1.47. The number of nitrogens with two attached hydrogens (primary N) is 1. The van der Waals surface area contributed by atoms with E-state index in [0.29, 0.717) is 25.5 Å². The zero-order valence-corrected chi connectivity index (χ0v) is 8.88. The lowest BCUT2D eigenvalue weighted by molar-refractivity contribution is -0.388. The molecule has 0 aliphatic heterocycles. The molecule has 0 spiro atoms. The van der Waals surface area contributed by atoms with Gasteiger partial charge in [-0.2, -0.15) is 0 Å². The molecule has 0 aliphatic carbocycles. The molecule has 0 bridgehead atoms. The maximum absolute atomic E-state index is 10.7. The first-order chi connectivity index (χ1) is 7.11. The molecule has 1 rings (SSSR count). The zero-order chi connectivity index (χ0) is 11.4. The molecular formula is C8H15N5O2. The topological polar surface area (TPSA) is 90.2 Å². The Bertz CT molecular complexity index is 349. The van der Waals surface area contributed by atoms with Gasteiger partial charge in [0.15, 0.2) is 0 Å². The third-order valence-corrected chi connectivity index (χ3v) is 2.14. The van der Waals surface area contributed by atoms with Gasteiger partial charge in [0.1, 0.15) is 0 Å². The van der Waals surface area contributed by atoms with E-state index in [1.54, 1.807) is 11.6 Å². The highest BCUT2D eigenvalue weighted by atomic mass is 16.6. The van der Waals surface area contributed by atoms with Crippen LogP contribution < -0.4 is 10.6 Å². The summed E-state index contributed by atoms with van der Waals surface area (Å²) in [6.07, 6.45) is 1.44. The highest BCUT2D eigenvalue weighted by molar-refractivity contribution is 5.54. The fourth-order valence-electron chi connectivity index (χ4n) is 1.47. The Hall–Kier alpha value is -1.63. The Labute approximate surface area is 87.6 Å². The van der Waals surface area contributed by atoms with Crippen molar-refractivity contribution in [3.8, 4) is 0 Å². The van der Waals surface area contributed by atoms with E-state index in [1.165, 1.54) is 6.33 Å². The second kappa shape index (κ2) is 4.74. The van der Waals surface area contributed by atoms with E-state index in [4.69, 9.17) is 5.73 Å². The monoisotopic (exact) mass is 213 g/mol. The number of rotatable bonds is 5. The number of nitro groups is 1. The molecular weight excluding hydrogens is 198 g/mol. The summed E-state index contributed by atoms with van der Waals surface area (Å²) < 4.78 is 1.64. The highest BCUT2D eigenvalue weighted by Crippen LogP contribution is 2.25. The standard InChI is InChI=1S/C8H15N5O2/c1-3-12(5-4-9)8-7(13(14)15)10-6-11(8)2/h6H,3-5,9H2,1-2H3. The van der Waals surface area contributed by atoms with Gasteiger partial charge in [0.25, 0.3) is 0 Å². The lowest BCUT2D eigenvalue weighted by Crippen LogP contribution is -2.31. The fraction of sp³-hybridized carbons (Fsp3) is 0.625. The first-order valence-electron chi connectivity index (χ1n) is 4.72. The summed E-state index contributed by atoms with van der Waals surface area (Å²) in [7, 11) is 1.73. The summed E-state index contributed by atoms with van der Waals surface area (Å²) >= 11 is 0. The largest absolute Gasteiger partial charge is 0.406 e. The smallest absolute Gasteiger partial charge is 0.358 e. The number of hydrogen-bond acceptors (Lipinski definition) is 5. The van der Waals surface area contributed by atoms with Gasteiger partial charge in [-0.3, -0.25) is 4.57 Å². The maximum Gasteiger partial charge on any atom is 0.406 e. The van der Waals surface area contributed by atoms with E-state index in [2.05, 4.69) is 4.98 Å². The van der Waals surface area contributed by atoms with Crippen molar-refractivity contribution in [1.29, 1.82) is 0 Å². The molecule has 0 saturated heterocycles. The van der Waals surface area contributed by atoms with Gasteiger partial charge in [-0.25, -0.2) is 0 Å². The van der Waals surface area contributed by atoms with Crippen LogP contribution in [0.15, 0.2) is 6.33 Å². The van der Waals surface area contributed by atoms with Crippen LogP contribution in [0.2, 0.25) is 0 Å². The van der Waals surface area contributed by atoms with Crippen LogP contribution >= 0.6 is 0 Å². The van der Waals surface area contributed by atoms with Gasteiger partial charge in [0, 0.05) is 26.7 Å². The Balaban J connectivity index is 3.08. The van der Waals surface area contributed by atoms with Crippen LogP contribution in [0.3, 0.4) is 0 Å². The predicted octanol–water partition coefficient (Wildman–Crippen LogP) is 0.113. The van der Waals surface area contributed by atoms with Crippen molar-refractivity contribution in [1.82, 2.24) is 9.55 Å². The molecule has 7 heteroatoms. The van der Waals surface area contributed by atoms with Gasteiger partial charge in [0.2, 0.25) is 12.1 Å². The number of hydrogen-bond donors (Lipinski definition) is 1. The Morgan fingerprint density at radius 2 is 2.40 bits per heavy atom. The van der Waals surface area contributed by atoms with E-state index < -0.39 is 4.92 Å². The van der Waals surface area contributed by atoms with E-state index in [0.717, 1.165) is 0 Å². The van der Waals surface area contributed by atoms with Crippen LogP contribution in [0.4, 0.5) is 11.6 Å². The summed E-state index contributed by atoms with van der Waals surface area (Å²) in [6, 6.07) is 0. The zero-order valence-electron chi connectivity index (χ0n) is 8.88. The summed E-state index contributed by atoms with van der Waals surface area (Å²) in [5.74, 6) is 0.390. The van der Waals surface area contributed by atoms with Crippen molar-refractivity contribution < 1.29 is 4.92 Å². The second-order valence-corrected chi connectivity index (χ2v) is 3.13. The molecule has 0 aliphatic rings. The average Bonchev–Trinajstić information content (AvgIpc) is 2.57. The maximum atomic E-state index is 10.7.